The van der Waals surface area contributed by atoms with Crippen molar-refractivity contribution in [1.82, 2.24) is 0 Å². The predicted molar refractivity (Wildman–Crippen MR) is 79.3 cm³/mol. The van der Waals surface area contributed by atoms with Crippen LogP contribution in [0.5, 0.6) is 5.75 Å². The summed E-state index contributed by atoms with van der Waals surface area (Å²) in [6.07, 6.45) is 4.90. The van der Waals surface area contributed by atoms with E-state index in [0.717, 1.165) is 18.0 Å². The highest BCUT2D eigenvalue weighted by atomic mass is 16.6. The highest BCUT2D eigenvalue weighted by molar-refractivity contribution is 5.58. The van der Waals surface area contributed by atoms with Gasteiger partial charge in [-0.3, -0.25) is 10.1 Å². The Balaban J connectivity index is 2.10. The number of ether oxygens (including phenoxy) is 1. The van der Waals surface area contributed by atoms with E-state index in [9.17, 15) is 10.1 Å². The lowest BCUT2D eigenvalue weighted by molar-refractivity contribution is -0.385. The van der Waals surface area contributed by atoms with Crippen LogP contribution in [0, 0.1) is 16.0 Å². The maximum atomic E-state index is 10.9. The van der Waals surface area contributed by atoms with Crippen LogP contribution in [0.15, 0.2) is 18.2 Å². The molecule has 1 aromatic carbocycles. The second-order valence-corrected chi connectivity index (χ2v) is 5.30. The van der Waals surface area contributed by atoms with Crippen molar-refractivity contribution in [2.75, 3.05) is 11.9 Å². The SMILES string of the molecule is CCOc1cc(NC(CC)CC2CC2)ccc1[N+](=O)[O-]. The molecule has 0 aliphatic heterocycles. The molecule has 5 heteroatoms. The van der Waals surface area contributed by atoms with Crippen LogP contribution in [0.1, 0.15) is 39.5 Å². The van der Waals surface area contributed by atoms with Gasteiger partial charge in [-0.15, -0.1) is 0 Å². The number of hydrogen-bond acceptors (Lipinski definition) is 4. The smallest absolute Gasteiger partial charge is 0.311 e. The predicted octanol–water partition coefficient (Wildman–Crippen LogP) is 3.98. The van der Waals surface area contributed by atoms with Crippen LogP contribution in [0.3, 0.4) is 0 Å². The molecule has 5 nitrogen and oxygen atoms in total. The van der Waals surface area contributed by atoms with E-state index in [1.807, 2.05) is 6.92 Å². The fourth-order valence-corrected chi connectivity index (χ4v) is 2.35. The van der Waals surface area contributed by atoms with Gasteiger partial charge in [0.25, 0.3) is 0 Å². The Hall–Kier alpha value is -1.78. The molecule has 1 unspecified atom stereocenters. The van der Waals surface area contributed by atoms with E-state index in [1.54, 1.807) is 12.1 Å². The van der Waals surface area contributed by atoms with E-state index in [4.69, 9.17) is 4.74 Å². The van der Waals surface area contributed by atoms with Crippen LogP contribution in [0.2, 0.25) is 0 Å². The van der Waals surface area contributed by atoms with Gasteiger partial charge in [0.05, 0.1) is 11.5 Å². The van der Waals surface area contributed by atoms with Crippen LogP contribution in [-0.4, -0.2) is 17.6 Å². The second kappa shape index (κ2) is 6.59. The summed E-state index contributed by atoms with van der Waals surface area (Å²) in [6.45, 7) is 4.41. The minimum absolute atomic E-state index is 0.0210. The van der Waals surface area contributed by atoms with Crippen LogP contribution in [0.25, 0.3) is 0 Å². The second-order valence-electron chi connectivity index (χ2n) is 5.30. The first-order valence-electron chi connectivity index (χ1n) is 7.31. The van der Waals surface area contributed by atoms with Crippen LogP contribution in [0.4, 0.5) is 11.4 Å². The molecule has 0 aromatic heterocycles. The molecule has 0 bridgehead atoms. The third kappa shape index (κ3) is 3.85. The number of nitro benzene ring substituents is 1. The van der Waals surface area contributed by atoms with E-state index in [1.165, 1.54) is 25.3 Å². The normalized spacial score (nSPS) is 15.7. The van der Waals surface area contributed by atoms with E-state index in [0.29, 0.717) is 18.4 Å². The van der Waals surface area contributed by atoms with Crippen molar-refractivity contribution in [2.45, 2.75) is 45.6 Å². The lowest BCUT2D eigenvalue weighted by Crippen LogP contribution is -2.19. The maximum Gasteiger partial charge on any atom is 0.311 e. The van der Waals surface area contributed by atoms with Crippen molar-refractivity contribution in [2.24, 2.45) is 5.92 Å². The topological polar surface area (TPSA) is 64.4 Å². The Kier molecular flexibility index (Phi) is 4.82. The molecule has 0 spiro atoms. The molecule has 0 amide bonds. The summed E-state index contributed by atoms with van der Waals surface area (Å²) in [5.74, 6) is 1.20. The van der Waals surface area contributed by atoms with Crippen LogP contribution < -0.4 is 10.1 Å². The fourth-order valence-electron chi connectivity index (χ4n) is 2.35. The molecule has 1 N–H and O–H groups in total. The Bertz CT molecular complexity index is 472. The van der Waals surface area contributed by atoms with Crippen LogP contribution >= 0.6 is 0 Å². The molecule has 0 radical (unpaired) electrons. The first kappa shape index (κ1) is 14.6. The van der Waals surface area contributed by atoms with Crippen molar-refractivity contribution in [3.8, 4) is 5.75 Å². The fraction of sp³-hybridized carbons (Fsp3) is 0.600. The Morgan fingerprint density at radius 1 is 1.45 bits per heavy atom. The molecule has 1 aliphatic carbocycles. The van der Waals surface area contributed by atoms with Crippen LogP contribution in [-0.2, 0) is 0 Å². The number of benzene rings is 1. The monoisotopic (exact) mass is 278 g/mol. The molecule has 0 saturated heterocycles. The number of nitrogens with one attached hydrogen (secondary N) is 1. The van der Waals surface area contributed by atoms with Gasteiger partial charge < -0.3 is 10.1 Å². The molecule has 1 atom stereocenters. The standard InChI is InChI=1S/C15H22N2O3/c1-3-12(9-11-5-6-11)16-13-7-8-14(17(18)19)15(10-13)20-4-2/h7-8,10-12,16H,3-6,9H2,1-2H3. The van der Waals surface area contributed by atoms with E-state index >= 15 is 0 Å². The van der Waals surface area contributed by atoms with Gasteiger partial charge in [0.15, 0.2) is 5.75 Å². The summed E-state index contributed by atoms with van der Waals surface area (Å²) in [6, 6.07) is 5.43. The molecule has 1 aromatic rings. The molecule has 1 fully saturated rings. The summed E-state index contributed by atoms with van der Waals surface area (Å²) in [4.78, 5) is 10.5. The van der Waals surface area contributed by atoms with E-state index in [-0.39, 0.29) is 5.69 Å². The van der Waals surface area contributed by atoms with E-state index < -0.39 is 4.92 Å². The number of anilines is 1. The lowest BCUT2D eigenvalue weighted by atomic mass is 10.1. The summed E-state index contributed by atoms with van der Waals surface area (Å²) in [5.41, 5.74) is 0.916. The van der Waals surface area contributed by atoms with Crippen molar-refractivity contribution in [1.29, 1.82) is 0 Å². The van der Waals surface area contributed by atoms with Gasteiger partial charge in [-0.2, -0.15) is 0 Å². The van der Waals surface area contributed by atoms with Crippen molar-refractivity contribution in [3.05, 3.63) is 28.3 Å². The quantitative estimate of drug-likeness (QED) is 0.577. The molecule has 1 aliphatic rings. The molecule has 2 rings (SSSR count). The number of hydrogen-bond donors (Lipinski definition) is 1. The lowest BCUT2D eigenvalue weighted by Gasteiger charge is -2.18. The maximum absolute atomic E-state index is 10.9. The highest BCUT2D eigenvalue weighted by Crippen LogP contribution is 2.36. The zero-order valence-electron chi connectivity index (χ0n) is 12.1. The molecule has 1 saturated carbocycles. The summed E-state index contributed by atoms with van der Waals surface area (Å²) in [5, 5.41) is 14.4. The van der Waals surface area contributed by atoms with Gasteiger partial charge in [0.2, 0.25) is 0 Å². The molecule has 0 heterocycles. The third-order valence-corrected chi connectivity index (χ3v) is 3.63. The number of nitro groups is 1. The average Bonchev–Trinajstić information content (AvgIpc) is 3.22. The molecule has 20 heavy (non-hydrogen) atoms. The largest absolute Gasteiger partial charge is 0.487 e. The van der Waals surface area contributed by atoms with Crippen molar-refractivity contribution in [3.63, 3.8) is 0 Å². The van der Waals surface area contributed by atoms with Gasteiger partial charge in [0, 0.05) is 23.9 Å². The zero-order valence-corrected chi connectivity index (χ0v) is 12.1. The first-order valence-corrected chi connectivity index (χ1v) is 7.31. The molecular weight excluding hydrogens is 256 g/mol. The molecule has 110 valence electrons. The third-order valence-electron chi connectivity index (χ3n) is 3.63. The van der Waals surface area contributed by atoms with E-state index in [2.05, 4.69) is 12.2 Å². The Morgan fingerprint density at radius 2 is 2.20 bits per heavy atom. The van der Waals surface area contributed by atoms with Crippen molar-refractivity contribution >= 4 is 11.4 Å². The van der Waals surface area contributed by atoms with Gasteiger partial charge >= 0.3 is 5.69 Å². The van der Waals surface area contributed by atoms with Crippen molar-refractivity contribution < 1.29 is 9.66 Å². The van der Waals surface area contributed by atoms with Gasteiger partial charge in [0.1, 0.15) is 0 Å². The minimum atomic E-state index is -0.406. The Morgan fingerprint density at radius 3 is 2.75 bits per heavy atom. The van der Waals surface area contributed by atoms with Gasteiger partial charge in [-0.25, -0.2) is 0 Å². The number of nitrogens with zero attached hydrogens (tertiary/aromatic N) is 1. The van der Waals surface area contributed by atoms with Gasteiger partial charge in [-0.05, 0) is 31.7 Å². The number of rotatable bonds is 8. The summed E-state index contributed by atoms with van der Waals surface area (Å²) >= 11 is 0. The Labute approximate surface area is 119 Å². The average molecular weight is 278 g/mol. The minimum Gasteiger partial charge on any atom is -0.487 e. The summed E-state index contributed by atoms with van der Waals surface area (Å²) in [7, 11) is 0. The summed E-state index contributed by atoms with van der Waals surface area (Å²) < 4.78 is 5.37. The first-order chi connectivity index (χ1) is 9.63. The van der Waals surface area contributed by atoms with Gasteiger partial charge in [-0.1, -0.05) is 19.8 Å². The molecular formula is C15H22N2O3. The highest BCUT2D eigenvalue weighted by Gasteiger charge is 2.25. The zero-order chi connectivity index (χ0) is 14.5.